The lowest BCUT2D eigenvalue weighted by Gasteiger charge is -2.22. The second kappa shape index (κ2) is 5.23. The molecule has 1 heterocycles. The lowest BCUT2D eigenvalue weighted by molar-refractivity contribution is 0.253. The zero-order valence-corrected chi connectivity index (χ0v) is 9.93. The van der Waals surface area contributed by atoms with Crippen LogP contribution in [0.4, 0.5) is 0 Å². The molecule has 0 aromatic carbocycles. The highest BCUT2D eigenvalue weighted by atomic mass is 32.1. The maximum Gasteiger partial charge on any atom is 0.0229 e. The SMILES string of the molecule is CC(CS)CN1CCC(N(C)C)C1. The summed E-state index contributed by atoms with van der Waals surface area (Å²) in [5, 5.41) is 0. The third kappa shape index (κ3) is 3.49. The molecule has 1 aliphatic rings. The van der Waals surface area contributed by atoms with Gasteiger partial charge in [0.15, 0.2) is 0 Å². The molecule has 0 amide bonds. The van der Waals surface area contributed by atoms with Crippen molar-refractivity contribution >= 4 is 12.6 Å². The molecule has 0 saturated carbocycles. The quantitative estimate of drug-likeness (QED) is 0.684. The van der Waals surface area contributed by atoms with Gasteiger partial charge in [-0.3, -0.25) is 0 Å². The van der Waals surface area contributed by atoms with Crippen LogP contribution >= 0.6 is 12.6 Å². The Bertz CT molecular complexity index is 150. The van der Waals surface area contributed by atoms with Gasteiger partial charge in [-0.2, -0.15) is 12.6 Å². The van der Waals surface area contributed by atoms with Crippen LogP contribution in [-0.4, -0.2) is 55.3 Å². The number of nitrogens with zero attached hydrogens (tertiary/aromatic N) is 2. The smallest absolute Gasteiger partial charge is 0.0229 e. The van der Waals surface area contributed by atoms with E-state index in [-0.39, 0.29) is 0 Å². The normalized spacial score (nSPS) is 27.0. The second-order valence-corrected chi connectivity index (χ2v) is 4.82. The first-order valence-corrected chi connectivity index (χ1v) is 5.76. The third-order valence-corrected chi connectivity index (χ3v) is 3.48. The lowest BCUT2D eigenvalue weighted by atomic mass is 10.2. The minimum absolute atomic E-state index is 0.726. The standard InChI is InChI=1S/C10H22N2S/c1-9(8-13)6-12-5-4-10(7-12)11(2)3/h9-10,13H,4-8H2,1-3H3. The van der Waals surface area contributed by atoms with E-state index in [1.165, 1.54) is 26.1 Å². The Labute approximate surface area is 87.7 Å². The molecule has 13 heavy (non-hydrogen) atoms. The fourth-order valence-electron chi connectivity index (χ4n) is 1.90. The van der Waals surface area contributed by atoms with Crippen LogP contribution in [0.25, 0.3) is 0 Å². The first-order valence-electron chi connectivity index (χ1n) is 5.13. The second-order valence-electron chi connectivity index (χ2n) is 4.45. The minimum atomic E-state index is 0.726. The fraction of sp³-hybridized carbons (Fsp3) is 1.00. The van der Waals surface area contributed by atoms with Gasteiger partial charge in [-0.05, 0) is 38.7 Å². The molecule has 0 N–H and O–H groups in total. The monoisotopic (exact) mass is 202 g/mol. The first-order chi connectivity index (χ1) is 6.13. The van der Waals surface area contributed by atoms with Gasteiger partial charge in [-0.1, -0.05) is 6.92 Å². The van der Waals surface area contributed by atoms with E-state index >= 15 is 0 Å². The van der Waals surface area contributed by atoms with E-state index in [1.54, 1.807) is 0 Å². The Hall–Kier alpha value is 0.270. The number of hydrogen-bond donors (Lipinski definition) is 1. The van der Waals surface area contributed by atoms with Crippen molar-refractivity contribution in [3.63, 3.8) is 0 Å². The summed E-state index contributed by atoms with van der Waals surface area (Å²) in [6, 6.07) is 0.770. The number of likely N-dealkylation sites (N-methyl/N-ethyl adjacent to an activating group) is 1. The van der Waals surface area contributed by atoms with Crippen molar-refractivity contribution in [2.75, 3.05) is 39.5 Å². The van der Waals surface area contributed by atoms with Crippen molar-refractivity contribution in [3.8, 4) is 0 Å². The van der Waals surface area contributed by atoms with E-state index in [1.807, 2.05) is 0 Å². The van der Waals surface area contributed by atoms with Crippen LogP contribution in [0.15, 0.2) is 0 Å². The maximum atomic E-state index is 4.31. The number of hydrogen-bond acceptors (Lipinski definition) is 3. The molecule has 0 radical (unpaired) electrons. The predicted molar refractivity (Wildman–Crippen MR) is 61.5 cm³/mol. The van der Waals surface area contributed by atoms with Gasteiger partial charge in [0.25, 0.3) is 0 Å². The molecule has 0 aromatic rings. The Morgan fingerprint density at radius 3 is 2.69 bits per heavy atom. The van der Waals surface area contributed by atoms with E-state index < -0.39 is 0 Å². The van der Waals surface area contributed by atoms with E-state index in [9.17, 15) is 0 Å². The topological polar surface area (TPSA) is 6.48 Å². The molecule has 1 aliphatic heterocycles. The maximum absolute atomic E-state index is 4.31. The van der Waals surface area contributed by atoms with Crippen LogP contribution < -0.4 is 0 Å². The number of rotatable bonds is 4. The zero-order chi connectivity index (χ0) is 9.84. The third-order valence-electron chi connectivity index (χ3n) is 2.86. The van der Waals surface area contributed by atoms with Crippen molar-refractivity contribution in [1.29, 1.82) is 0 Å². The van der Waals surface area contributed by atoms with Gasteiger partial charge >= 0.3 is 0 Å². The van der Waals surface area contributed by atoms with Crippen molar-refractivity contribution in [2.24, 2.45) is 5.92 Å². The van der Waals surface area contributed by atoms with Crippen LogP contribution in [-0.2, 0) is 0 Å². The fourth-order valence-corrected chi connectivity index (χ4v) is 2.01. The average Bonchev–Trinajstić information content (AvgIpc) is 2.52. The molecule has 1 fully saturated rings. The number of likely N-dealkylation sites (tertiary alicyclic amines) is 1. The van der Waals surface area contributed by atoms with Crippen molar-refractivity contribution < 1.29 is 0 Å². The summed E-state index contributed by atoms with van der Waals surface area (Å²) < 4.78 is 0. The van der Waals surface area contributed by atoms with Crippen LogP contribution in [0.3, 0.4) is 0 Å². The predicted octanol–water partition coefficient (Wildman–Crippen LogP) is 1.19. The van der Waals surface area contributed by atoms with Gasteiger partial charge in [0, 0.05) is 19.1 Å². The summed E-state index contributed by atoms with van der Waals surface area (Å²) in [6.07, 6.45) is 1.33. The van der Waals surface area contributed by atoms with Gasteiger partial charge in [-0.25, -0.2) is 0 Å². The van der Waals surface area contributed by atoms with E-state index in [2.05, 4.69) is 43.4 Å². The Kier molecular flexibility index (Phi) is 4.56. The Morgan fingerprint density at radius 1 is 1.54 bits per heavy atom. The highest BCUT2D eigenvalue weighted by Crippen LogP contribution is 2.14. The summed E-state index contributed by atoms with van der Waals surface area (Å²) in [5.41, 5.74) is 0. The molecule has 2 atom stereocenters. The minimum Gasteiger partial charge on any atom is -0.305 e. The van der Waals surface area contributed by atoms with Crippen molar-refractivity contribution in [2.45, 2.75) is 19.4 Å². The molecular formula is C10H22N2S. The lowest BCUT2D eigenvalue weighted by Crippen LogP contribution is -2.33. The summed E-state index contributed by atoms with van der Waals surface area (Å²) in [5.74, 6) is 1.73. The molecule has 3 heteroatoms. The zero-order valence-electron chi connectivity index (χ0n) is 9.03. The Balaban J connectivity index is 2.25. The molecule has 2 unspecified atom stereocenters. The molecule has 2 nitrogen and oxygen atoms in total. The largest absolute Gasteiger partial charge is 0.305 e. The van der Waals surface area contributed by atoms with Crippen LogP contribution in [0, 0.1) is 5.92 Å². The van der Waals surface area contributed by atoms with Gasteiger partial charge in [0.05, 0.1) is 0 Å². The highest BCUT2D eigenvalue weighted by Gasteiger charge is 2.24. The molecular weight excluding hydrogens is 180 g/mol. The molecule has 0 spiro atoms. The summed E-state index contributed by atoms with van der Waals surface area (Å²) in [4.78, 5) is 4.90. The molecule has 0 aromatic heterocycles. The van der Waals surface area contributed by atoms with Gasteiger partial charge < -0.3 is 9.80 Å². The summed E-state index contributed by atoms with van der Waals surface area (Å²) in [6.45, 7) is 6.00. The number of thiol groups is 1. The summed E-state index contributed by atoms with van der Waals surface area (Å²) in [7, 11) is 4.35. The van der Waals surface area contributed by atoms with Gasteiger partial charge in [0.2, 0.25) is 0 Å². The molecule has 78 valence electrons. The van der Waals surface area contributed by atoms with Crippen LogP contribution in [0.5, 0.6) is 0 Å². The first kappa shape index (κ1) is 11.3. The average molecular weight is 202 g/mol. The highest BCUT2D eigenvalue weighted by molar-refractivity contribution is 7.80. The Morgan fingerprint density at radius 2 is 2.23 bits per heavy atom. The molecule has 1 saturated heterocycles. The molecule has 0 bridgehead atoms. The summed E-state index contributed by atoms with van der Waals surface area (Å²) >= 11 is 4.31. The molecule has 1 rings (SSSR count). The van der Waals surface area contributed by atoms with Crippen molar-refractivity contribution in [1.82, 2.24) is 9.80 Å². The van der Waals surface area contributed by atoms with Crippen molar-refractivity contribution in [3.05, 3.63) is 0 Å². The van der Waals surface area contributed by atoms with E-state index in [0.29, 0.717) is 0 Å². The molecule has 0 aliphatic carbocycles. The van der Waals surface area contributed by atoms with E-state index in [0.717, 1.165) is 17.7 Å². The van der Waals surface area contributed by atoms with Gasteiger partial charge in [-0.15, -0.1) is 0 Å². The van der Waals surface area contributed by atoms with Crippen LogP contribution in [0.2, 0.25) is 0 Å². The van der Waals surface area contributed by atoms with Crippen LogP contribution in [0.1, 0.15) is 13.3 Å². The van der Waals surface area contributed by atoms with Gasteiger partial charge in [0.1, 0.15) is 0 Å². The van der Waals surface area contributed by atoms with E-state index in [4.69, 9.17) is 0 Å².